The molecule has 0 N–H and O–H groups in total. The fraction of sp³-hybridized carbons (Fsp3) is 0.263. The van der Waals surface area contributed by atoms with E-state index in [0.29, 0.717) is 35.5 Å². The largest absolute Gasteiger partial charge is 0.492 e. The van der Waals surface area contributed by atoms with E-state index < -0.39 is 11.7 Å². The first-order valence-electron chi connectivity index (χ1n) is 8.00. The molecule has 25 heavy (non-hydrogen) atoms. The van der Waals surface area contributed by atoms with E-state index in [9.17, 15) is 9.59 Å². The number of amides is 1. The molecular weight excluding hydrogens is 384 g/mol. The van der Waals surface area contributed by atoms with Gasteiger partial charge in [-0.15, -0.1) is 0 Å². The SMILES string of the molecule is Cc1cccc(OCCN(C)CN2C(=O)C(=O)c3c(Br)cccc32)c1. The highest BCUT2D eigenvalue weighted by Gasteiger charge is 2.37. The number of carbonyl (C=O) groups excluding carboxylic acids is 2. The lowest BCUT2D eigenvalue weighted by Crippen LogP contribution is -2.40. The van der Waals surface area contributed by atoms with Crippen LogP contribution in [0.25, 0.3) is 0 Å². The van der Waals surface area contributed by atoms with Crippen molar-refractivity contribution in [2.45, 2.75) is 6.92 Å². The van der Waals surface area contributed by atoms with E-state index in [-0.39, 0.29) is 0 Å². The molecule has 0 unspecified atom stereocenters. The lowest BCUT2D eigenvalue weighted by Gasteiger charge is -2.24. The summed E-state index contributed by atoms with van der Waals surface area (Å²) in [4.78, 5) is 27.9. The van der Waals surface area contributed by atoms with Crippen LogP contribution in [0.5, 0.6) is 5.75 Å². The monoisotopic (exact) mass is 402 g/mol. The molecule has 0 aromatic heterocycles. The molecule has 1 aliphatic rings. The number of ketones is 1. The first-order valence-corrected chi connectivity index (χ1v) is 8.79. The highest BCUT2D eigenvalue weighted by molar-refractivity contribution is 9.10. The van der Waals surface area contributed by atoms with Crippen LogP contribution in [0.2, 0.25) is 0 Å². The number of anilines is 1. The lowest BCUT2D eigenvalue weighted by atomic mass is 10.1. The second-order valence-corrected chi connectivity index (χ2v) is 6.94. The molecule has 0 saturated heterocycles. The van der Waals surface area contributed by atoms with Gasteiger partial charge in [0, 0.05) is 11.0 Å². The van der Waals surface area contributed by atoms with Gasteiger partial charge in [-0.2, -0.15) is 0 Å². The number of fused-ring (bicyclic) bond motifs is 1. The predicted molar refractivity (Wildman–Crippen MR) is 100 cm³/mol. The number of halogens is 1. The molecule has 0 atom stereocenters. The van der Waals surface area contributed by atoms with Crippen LogP contribution in [0, 0.1) is 6.92 Å². The molecule has 0 saturated carbocycles. The Morgan fingerprint density at radius 3 is 2.68 bits per heavy atom. The van der Waals surface area contributed by atoms with Crippen molar-refractivity contribution >= 4 is 33.3 Å². The zero-order valence-electron chi connectivity index (χ0n) is 14.2. The predicted octanol–water partition coefficient (Wildman–Crippen LogP) is 3.26. The summed E-state index contributed by atoms with van der Waals surface area (Å²) < 4.78 is 6.39. The van der Waals surface area contributed by atoms with Crippen molar-refractivity contribution in [1.29, 1.82) is 0 Å². The third kappa shape index (κ3) is 3.75. The number of ether oxygens (including phenoxy) is 1. The number of rotatable bonds is 6. The summed E-state index contributed by atoms with van der Waals surface area (Å²) in [7, 11) is 1.90. The van der Waals surface area contributed by atoms with Crippen molar-refractivity contribution in [1.82, 2.24) is 4.90 Å². The third-order valence-corrected chi connectivity index (χ3v) is 4.72. The summed E-state index contributed by atoms with van der Waals surface area (Å²) in [6.45, 7) is 3.49. The summed E-state index contributed by atoms with van der Waals surface area (Å²) in [5.41, 5.74) is 2.24. The quantitative estimate of drug-likeness (QED) is 0.695. The Morgan fingerprint density at radius 2 is 1.92 bits per heavy atom. The molecule has 3 rings (SSSR count). The van der Waals surface area contributed by atoms with Crippen molar-refractivity contribution < 1.29 is 14.3 Å². The average molecular weight is 403 g/mol. The van der Waals surface area contributed by atoms with Crippen molar-refractivity contribution in [3.05, 3.63) is 58.1 Å². The Hall–Kier alpha value is -2.18. The van der Waals surface area contributed by atoms with Gasteiger partial charge in [0.05, 0.1) is 17.9 Å². The van der Waals surface area contributed by atoms with E-state index in [2.05, 4.69) is 15.9 Å². The first kappa shape index (κ1) is 17.6. The highest BCUT2D eigenvalue weighted by Crippen LogP contribution is 2.34. The Balaban J connectivity index is 1.60. The van der Waals surface area contributed by atoms with Gasteiger partial charge in [-0.1, -0.05) is 18.2 Å². The van der Waals surface area contributed by atoms with Gasteiger partial charge in [-0.25, -0.2) is 0 Å². The van der Waals surface area contributed by atoms with Crippen LogP contribution < -0.4 is 9.64 Å². The van der Waals surface area contributed by atoms with Crippen LogP contribution in [-0.2, 0) is 4.79 Å². The van der Waals surface area contributed by atoms with Gasteiger partial charge in [-0.3, -0.25) is 19.4 Å². The fourth-order valence-electron chi connectivity index (χ4n) is 2.78. The second-order valence-electron chi connectivity index (χ2n) is 6.08. The van der Waals surface area contributed by atoms with Crippen molar-refractivity contribution in [3.8, 4) is 5.75 Å². The van der Waals surface area contributed by atoms with E-state index in [1.807, 2.05) is 49.2 Å². The van der Waals surface area contributed by atoms with Crippen LogP contribution in [0.3, 0.4) is 0 Å². The number of benzene rings is 2. The normalized spacial score (nSPS) is 13.5. The number of hydrogen-bond acceptors (Lipinski definition) is 4. The molecule has 1 amide bonds. The minimum Gasteiger partial charge on any atom is -0.492 e. The smallest absolute Gasteiger partial charge is 0.300 e. The average Bonchev–Trinajstić information content (AvgIpc) is 2.81. The number of likely N-dealkylation sites (N-methyl/N-ethyl adjacent to an activating group) is 1. The Labute approximate surface area is 155 Å². The summed E-state index contributed by atoms with van der Waals surface area (Å²) in [6.07, 6.45) is 0. The number of hydrogen-bond donors (Lipinski definition) is 0. The third-order valence-electron chi connectivity index (χ3n) is 4.06. The summed E-state index contributed by atoms with van der Waals surface area (Å²) >= 11 is 3.35. The van der Waals surface area contributed by atoms with Gasteiger partial charge in [0.25, 0.3) is 5.78 Å². The van der Waals surface area contributed by atoms with Crippen LogP contribution in [-0.4, -0.2) is 43.5 Å². The Bertz CT molecular complexity index is 822. The number of nitrogens with zero attached hydrogens (tertiary/aromatic N) is 2. The number of carbonyl (C=O) groups is 2. The van der Waals surface area contributed by atoms with Crippen LogP contribution in [0.4, 0.5) is 5.69 Å². The molecule has 1 aliphatic heterocycles. The van der Waals surface area contributed by atoms with E-state index in [1.54, 1.807) is 12.1 Å². The molecule has 0 aliphatic carbocycles. The van der Waals surface area contributed by atoms with Gasteiger partial charge in [0.15, 0.2) is 0 Å². The minimum atomic E-state index is -0.492. The fourth-order valence-corrected chi connectivity index (χ4v) is 3.31. The second kappa shape index (κ2) is 7.37. The van der Waals surface area contributed by atoms with E-state index >= 15 is 0 Å². The van der Waals surface area contributed by atoms with E-state index in [1.165, 1.54) is 4.90 Å². The van der Waals surface area contributed by atoms with Crippen LogP contribution in [0.15, 0.2) is 46.9 Å². The van der Waals surface area contributed by atoms with Crippen molar-refractivity contribution in [2.24, 2.45) is 0 Å². The first-order chi connectivity index (χ1) is 12.0. The minimum absolute atomic E-state index is 0.338. The molecule has 0 bridgehead atoms. The molecule has 2 aromatic rings. The van der Waals surface area contributed by atoms with Gasteiger partial charge in [-0.05, 0) is 59.7 Å². The molecule has 0 fully saturated rings. The van der Waals surface area contributed by atoms with Gasteiger partial charge < -0.3 is 4.74 Å². The van der Waals surface area contributed by atoms with Gasteiger partial charge in [0.2, 0.25) is 0 Å². The molecule has 1 heterocycles. The van der Waals surface area contributed by atoms with E-state index in [4.69, 9.17) is 4.74 Å². The highest BCUT2D eigenvalue weighted by atomic mass is 79.9. The van der Waals surface area contributed by atoms with Crippen molar-refractivity contribution in [2.75, 3.05) is 31.8 Å². The Kier molecular flexibility index (Phi) is 5.20. The zero-order chi connectivity index (χ0) is 18.0. The number of Topliss-reactive ketones (excluding diaryl/α,β-unsaturated/α-hetero) is 1. The van der Waals surface area contributed by atoms with E-state index in [0.717, 1.165) is 11.3 Å². The maximum Gasteiger partial charge on any atom is 0.300 e. The number of aryl methyl sites for hydroxylation is 1. The molecule has 5 nitrogen and oxygen atoms in total. The zero-order valence-corrected chi connectivity index (χ0v) is 15.7. The molecular formula is C19H19BrN2O3. The summed E-state index contributed by atoms with van der Waals surface area (Å²) in [5, 5.41) is 0. The molecule has 0 radical (unpaired) electrons. The maximum atomic E-state index is 12.3. The van der Waals surface area contributed by atoms with Crippen LogP contribution in [0.1, 0.15) is 15.9 Å². The summed E-state index contributed by atoms with van der Waals surface area (Å²) in [5.74, 6) is -0.129. The van der Waals surface area contributed by atoms with Crippen LogP contribution >= 0.6 is 15.9 Å². The molecule has 2 aromatic carbocycles. The lowest BCUT2D eigenvalue weighted by molar-refractivity contribution is -0.114. The molecule has 6 heteroatoms. The summed E-state index contributed by atoms with van der Waals surface area (Å²) in [6, 6.07) is 13.3. The van der Waals surface area contributed by atoms with Gasteiger partial charge in [0.1, 0.15) is 12.4 Å². The standard InChI is InChI=1S/C19H19BrN2O3/c1-13-5-3-6-14(11-13)25-10-9-21(2)12-22-16-8-4-7-15(20)17(16)18(23)19(22)24/h3-8,11H,9-10,12H2,1-2H3. The topological polar surface area (TPSA) is 49.9 Å². The Morgan fingerprint density at radius 1 is 1.16 bits per heavy atom. The van der Waals surface area contributed by atoms with Gasteiger partial charge >= 0.3 is 5.91 Å². The van der Waals surface area contributed by atoms with Crippen molar-refractivity contribution in [3.63, 3.8) is 0 Å². The maximum absolute atomic E-state index is 12.3. The molecule has 130 valence electrons. The molecule has 0 spiro atoms.